The van der Waals surface area contributed by atoms with Gasteiger partial charge in [-0.1, -0.05) is 17.7 Å². The Morgan fingerprint density at radius 1 is 0.719 bits per heavy atom. The molecule has 4 saturated heterocycles. The lowest BCUT2D eigenvalue weighted by molar-refractivity contribution is 0.0693. The molecule has 0 radical (unpaired) electrons. The van der Waals surface area contributed by atoms with Crippen molar-refractivity contribution in [2.24, 2.45) is 0 Å². The van der Waals surface area contributed by atoms with E-state index in [4.69, 9.17) is 65.2 Å². The molecular weight excluding hydrogens is 848 g/mol. The molecule has 2 aromatic carbocycles. The average Bonchev–Trinajstić information content (AvgIpc) is 3.97. The SMILES string of the molecule is CC1COCCN1c1nc(N2CCOCC2)nc2[nH]c(-c3cc(CO)ccc3Cl)nc12.COc1ccc(-c2nc3c(N4CCOCC4C)nc(N4CCOCC4)nc3[nH]2)cc1C(=O)O. The molecule has 2 unspecified atom stereocenters. The molecular formula is C43H51ClN12O8. The minimum atomic E-state index is -1.07. The van der Waals surface area contributed by atoms with Gasteiger partial charge in [-0.2, -0.15) is 19.9 Å². The number of imidazole rings is 2. The van der Waals surface area contributed by atoms with E-state index in [1.165, 1.54) is 7.11 Å². The molecule has 4 N–H and O–H groups in total. The maximum atomic E-state index is 11.7. The monoisotopic (exact) mass is 898 g/mol. The van der Waals surface area contributed by atoms with Gasteiger partial charge in [-0.25, -0.2) is 14.8 Å². The third kappa shape index (κ3) is 8.93. The van der Waals surface area contributed by atoms with E-state index < -0.39 is 5.97 Å². The molecule has 10 rings (SSSR count). The van der Waals surface area contributed by atoms with Gasteiger partial charge in [0, 0.05) is 50.4 Å². The zero-order chi connectivity index (χ0) is 44.3. The molecule has 20 nitrogen and oxygen atoms in total. The first-order chi connectivity index (χ1) is 31.2. The van der Waals surface area contributed by atoms with Gasteiger partial charge in [-0.3, -0.25) is 0 Å². The van der Waals surface area contributed by atoms with E-state index in [1.807, 2.05) is 6.07 Å². The van der Waals surface area contributed by atoms with E-state index in [1.54, 1.807) is 30.3 Å². The highest BCUT2D eigenvalue weighted by molar-refractivity contribution is 6.33. The molecule has 0 bridgehead atoms. The number of benzene rings is 2. The quantitative estimate of drug-likeness (QED) is 0.161. The number of nitrogens with one attached hydrogen (secondary N) is 2. The van der Waals surface area contributed by atoms with Gasteiger partial charge < -0.3 is 63.5 Å². The molecule has 21 heteroatoms. The number of rotatable bonds is 9. The van der Waals surface area contributed by atoms with Gasteiger partial charge >= 0.3 is 5.97 Å². The standard InChI is InChI=1S/C22H26N6O5.C21H25ClN6O3/c1-13-12-33-10-7-28(13)20-17-19(25-22(26-20)27-5-8-32-9-6-27)24-18(23-17)14-3-4-16(31-2)15(11-14)21(29)30;1-13-12-31-9-6-28(13)20-17-19(25-21(26-20)27-4-7-30-8-5-27)24-18(23-17)15-10-14(11-29)2-3-16(15)22/h3-4,11,13H,5-10,12H2,1-2H3,(H,29,30)(H,23,24,25,26);2-3,10,13,29H,4-9,11-12H2,1H3,(H,23,24,25,26). The number of hydrogen-bond acceptors (Lipinski definition) is 17. The molecule has 0 aliphatic carbocycles. The molecule has 0 saturated carbocycles. The molecule has 4 aliphatic heterocycles. The number of hydrogen-bond donors (Lipinski definition) is 4. The van der Waals surface area contributed by atoms with E-state index >= 15 is 0 Å². The second kappa shape index (κ2) is 19.1. The van der Waals surface area contributed by atoms with Crippen LogP contribution in [0.1, 0.15) is 29.8 Å². The minimum absolute atomic E-state index is 0.0672. The number of morpholine rings is 4. The van der Waals surface area contributed by atoms with Crippen LogP contribution in [0.5, 0.6) is 5.75 Å². The summed E-state index contributed by atoms with van der Waals surface area (Å²) in [6, 6.07) is 10.7. The fourth-order valence-electron chi connectivity index (χ4n) is 8.18. The zero-order valence-corrected chi connectivity index (χ0v) is 36.7. The summed E-state index contributed by atoms with van der Waals surface area (Å²) in [5, 5.41) is 19.7. The summed E-state index contributed by atoms with van der Waals surface area (Å²) in [5.74, 6) is 3.16. The Balaban J connectivity index is 0.000000162. The number of aromatic carboxylic acids is 1. The number of methoxy groups -OCH3 is 1. The van der Waals surface area contributed by atoms with Crippen LogP contribution < -0.4 is 24.3 Å². The Morgan fingerprint density at radius 3 is 1.77 bits per heavy atom. The van der Waals surface area contributed by atoms with Crippen LogP contribution in [-0.2, 0) is 25.6 Å². The topological polar surface area (TPSA) is 226 Å². The number of ether oxygens (including phenoxy) is 5. The Bertz CT molecular complexity index is 2620. The van der Waals surface area contributed by atoms with E-state index in [9.17, 15) is 15.0 Å². The number of carbonyl (C=O) groups is 1. The summed E-state index contributed by atoms with van der Waals surface area (Å²) in [4.78, 5) is 56.0. The van der Waals surface area contributed by atoms with Crippen LogP contribution in [0.4, 0.5) is 23.5 Å². The highest BCUT2D eigenvalue weighted by Gasteiger charge is 2.29. The molecule has 0 amide bonds. The summed E-state index contributed by atoms with van der Waals surface area (Å²) in [6.07, 6.45) is 0. The normalized spacial score (nSPS) is 19.5. The molecule has 4 aliphatic rings. The first-order valence-electron chi connectivity index (χ1n) is 21.4. The average molecular weight is 899 g/mol. The Morgan fingerprint density at radius 2 is 1.25 bits per heavy atom. The van der Waals surface area contributed by atoms with Crippen LogP contribution in [0.15, 0.2) is 36.4 Å². The molecule has 338 valence electrons. The predicted molar refractivity (Wildman–Crippen MR) is 240 cm³/mol. The second-order valence-electron chi connectivity index (χ2n) is 15.9. The Hall–Kier alpha value is -5.90. The van der Waals surface area contributed by atoms with Crippen LogP contribution in [0, 0.1) is 0 Å². The molecule has 4 aromatic heterocycles. The van der Waals surface area contributed by atoms with E-state index in [0.29, 0.717) is 135 Å². The Kier molecular flexibility index (Phi) is 12.9. The lowest BCUT2D eigenvalue weighted by Crippen LogP contribution is -2.44. The first kappa shape index (κ1) is 43.4. The van der Waals surface area contributed by atoms with E-state index in [2.05, 4.69) is 43.4 Å². The Labute approximate surface area is 373 Å². The molecule has 64 heavy (non-hydrogen) atoms. The van der Waals surface area contributed by atoms with Crippen LogP contribution in [0.25, 0.3) is 45.1 Å². The number of aliphatic hydroxyl groups is 1. The van der Waals surface area contributed by atoms with Crippen molar-refractivity contribution in [2.45, 2.75) is 32.5 Å². The number of aromatic amines is 2. The molecule has 6 aromatic rings. The van der Waals surface area contributed by atoms with Gasteiger partial charge in [0.05, 0.1) is 83.7 Å². The zero-order valence-electron chi connectivity index (χ0n) is 35.9. The highest BCUT2D eigenvalue weighted by atomic mass is 35.5. The fraction of sp³-hybridized carbons (Fsp3) is 0.465. The maximum Gasteiger partial charge on any atom is 0.339 e. The number of halogens is 1. The van der Waals surface area contributed by atoms with Crippen molar-refractivity contribution in [3.63, 3.8) is 0 Å². The number of nitrogens with zero attached hydrogens (tertiary/aromatic N) is 10. The lowest BCUT2D eigenvalue weighted by atomic mass is 10.1. The molecule has 2 atom stereocenters. The summed E-state index contributed by atoms with van der Waals surface area (Å²) in [5.41, 5.74) is 4.78. The number of carboxylic acids is 1. The molecule has 8 heterocycles. The van der Waals surface area contributed by atoms with Crippen molar-refractivity contribution < 1.29 is 38.7 Å². The lowest BCUT2D eigenvalue weighted by Gasteiger charge is -2.35. The summed E-state index contributed by atoms with van der Waals surface area (Å²) >= 11 is 6.45. The highest BCUT2D eigenvalue weighted by Crippen LogP contribution is 2.35. The van der Waals surface area contributed by atoms with Crippen LogP contribution in [0.3, 0.4) is 0 Å². The van der Waals surface area contributed by atoms with Crippen molar-refractivity contribution in [2.75, 3.05) is 119 Å². The number of aliphatic hydroxyl groups excluding tert-OH is 1. The van der Waals surface area contributed by atoms with Gasteiger partial charge in [-0.15, -0.1) is 0 Å². The van der Waals surface area contributed by atoms with Crippen molar-refractivity contribution in [1.82, 2.24) is 39.9 Å². The summed E-state index contributed by atoms with van der Waals surface area (Å²) < 4.78 is 27.4. The number of aromatic nitrogens is 8. The number of H-pyrrole nitrogens is 2. The van der Waals surface area contributed by atoms with E-state index in [-0.39, 0.29) is 24.3 Å². The van der Waals surface area contributed by atoms with Gasteiger partial charge in [0.2, 0.25) is 11.9 Å². The van der Waals surface area contributed by atoms with Crippen molar-refractivity contribution in [3.05, 3.63) is 52.5 Å². The third-order valence-electron chi connectivity index (χ3n) is 11.7. The number of fused-ring (bicyclic) bond motifs is 2. The molecule has 4 fully saturated rings. The second-order valence-corrected chi connectivity index (χ2v) is 16.3. The van der Waals surface area contributed by atoms with Gasteiger partial charge in [0.25, 0.3) is 0 Å². The third-order valence-corrected chi connectivity index (χ3v) is 12.0. The van der Waals surface area contributed by atoms with Gasteiger partial charge in [0.15, 0.2) is 34.0 Å². The maximum absolute atomic E-state index is 11.7. The first-order valence-corrected chi connectivity index (χ1v) is 21.8. The van der Waals surface area contributed by atoms with Crippen LogP contribution in [-0.4, -0.2) is 167 Å². The van der Waals surface area contributed by atoms with Gasteiger partial charge in [0.1, 0.15) is 23.0 Å². The molecule has 0 spiro atoms. The minimum Gasteiger partial charge on any atom is -0.496 e. The van der Waals surface area contributed by atoms with E-state index in [0.717, 1.165) is 42.4 Å². The number of anilines is 4. The van der Waals surface area contributed by atoms with Crippen molar-refractivity contribution in [1.29, 1.82) is 0 Å². The smallest absolute Gasteiger partial charge is 0.339 e. The van der Waals surface area contributed by atoms with Crippen molar-refractivity contribution in [3.8, 4) is 28.5 Å². The largest absolute Gasteiger partial charge is 0.496 e. The van der Waals surface area contributed by atoms with Crippen molar-refractivity contribution >= 4 is 63.4 Å². The van der Waals surface area contributed by atoms with Crippen LogP contribution >= 0.6 is 11.6 Å². The fourth-order valence-corrected chi connectivity index (χ4v) is 8.39. The summed E-state index contributed by atoms with van der Waals surface area (Å²) in [7, 11) is 1.45. The predicted octanol–water partition coefficient (Wildman–Crippen LogP) is 4.02. The van der Waals surface area contributed by atoms with Crippen LogP contribution in [0.2, 0.25) is 5.02 Å². The summed E-state index contributed by atoms with van der Waals surface area (Å²) in [6.45, 7) is 13.6. The van der Waals surface area contributed by atoms with Gasteiger partial charge in [-0.05, 0) is 49.7 Å². The number of carboxylic acid groups (broad SMARTS) is 1.